The topological polar surface area (TPSA) is 83.5 Å². The SMILES string of the molecule is Cc1ccc(S(=O)(=O)C[C@H](C)c2ccc(C(=O)NO)s2)cc1. The molecule has 0 aliphatic carbocycles. The van der Waals surface area contributed by atoms with Crippen molar-refractivity contribution in [3.8, 4) is 0 Å². The number of benzene rings is 1. The Morgan fingerprint density at radius 3 is 2.45 bits per heavy atom. The van der Waals surface area contributed by atoms with Crippen LogP contribution < -0.4 is 5.48 Å². The zero-order chi connectivity index (χ0) is 16.3. The molecule has 1 heterocycles. The first-order chi connectivity index (χ1) is 10.3. The van der Waals surface area contributed by atoms with Gasteiger partial charge in [-0.1, -0.05) is 24.6 Å². The van der Waals surface area contributed by atoms with Gasteiger partial charge in [0.15, 0.2) is 9.84 Å². The predicted molar refractivity (Wildman–Crippen MR) is 85.2 cm³/mol. The van der Waals surface area contributed by atoms with E-state index < -0.39 is 15.7 Å². The van der Waals surface area contributed by atoms with Crippen molar-refractivity contribution >= 4 is 27.1 Å². The second-order valence-corrected chi connectivity index (χ2v) is 8.29. The molecule has 1 aromatic heterocycles. The smallest absolute Gasteiger partial charge is 0.284 e. The Hall–Kier alpha value is -1.70. The molecule has 2 rings (SSSR count). The highest BCUT2D eigenvalue weighted by Crippen LogP contribution is 2.27. The molecule has 1 amide bonds. The lowest BCUT2D eigenvalue weighted by atomic mass is 10.2. The minimum absolute atomic E-state index is 0.0310. The molecule has 2 N–H and O–H groups in total. The van der Waals surface area contributed by atoms with Crippen LogP contribution in [-0.2, 0) is 9.84 Å². The van der Waals surface area contributed by atoms with Gasteiger partial charge in [-0.15, -0.1) is 11.3 Å². The third-order valence-corrected chi connectivity index (χ3v) is 6.53. The average molecular weight is 339 g/mol. The van der Waals surface area contributed by atoms with Crippen molar-refractivity contribution in [2.75, 3.05) is 5.75 Å². The average Bonchev–Trinajstić information content (AvgIpc) is 2.96. The van der Waals surface area contributed by atoms with Gasteiger partial charge in [0.2, 0.25) is 0 Å². The van der Waals surface area contributed by atoms with E-state index in [4.69, 9.17) is 5.21 Å². The van der Waals surface area contributed by atoms with Crippen molar-refractivity contribution in [2.24, 2.45) is 0 Å². The Morgan fingerprint density at radius 1 is 1.23 bits per heavy atom. The van der Waals surface area contributed by atoms with Gasteiger partial charge < -0.3 is 0 Å². The number of hydroxylamine groups is 1. The van der Waals surface area contributed by atoms with E-state index in [0.29, 0.717) is 9.77 Å². The maximum atomic E-state index is 12.4. The Morgan fingerprint density at radius 2 is 1.86 bits per heavy atom. The largest absolute Gasteiger partial charge is 0.288 e. The molecule has 0 unspecified atom stereocenters. The first kappa shape index (κ1) is 16.7. The Balaban J connectivity index is 2.17. The zero-order valence-corrected chi connectivity index (χ0v) is 13.9. The highest BCUT2D eigenvalue weighted by molar-refractivity contribution is 7.91. The third kappa shape index (κ3) is 3.73. The van der Waals surface area contributed by atoms with Crippen molar-refractivity contribution in [3.63, 3.8) is 0 Å². The number of rotatable bonds is 5. The zero-order valence-electron chi connectivity index (χ0n) is 12.2. The van der Waals surface area contributed by atoms with Crippen molar-refractivity contribution in [2.45, 2.75) is 24.7 Å². The molecule has 5 nitrogen and oxygen atoms in total. The minimum Gasteiger partial charge on any atom is -0.288 e. The van der Waals surface area contributed by atoms with Crippen LogP contribution in [0.2, 0.25) is 0 Å². The summed E-state index contributed by atoms with van der Waals surface area (Å²) in [7, 11) is -3.38. The van der Waals surface area contributed by atoms with E-state index >= 15 is 0 Å². The summed E-state index contributed by atoms with van der Waals surface area (Å²) in [5.41, 5.74) is 2.57. The molecular weight excluding hydrogens is 322 g/mol. The minimum atomic E-state index is -3.38. The number of thiophene rings is 1. The molecule has 0 bridgehead atoms. The maximum Gasteiger partial charge on any atom is 0.284 e. The standard InChI is InChI=1S/C15H17NO4S2/c1-10-3-5-12(6-4-10)22(19,20)9-11(2)13-7-8-14(21-13)15(17)16-18/h3-8,11,18H,9H2,1-2H3,(H,16,17)/t11-/m0/s1. The summed E-state index contributed by atoms with van der Waals surface area (Å²) in [4.78, 5) is 12.8. The summed E-state index contributed by atoms with van der Waals surface area (Å²) < 4.78 is 24.8. The van der Waals surface area contributed by atoms with Gasteiger partial charge in [-0.3, -0.25) is 10.0 Å². The number of hydrogen-bond acceptors (Lipinski definition) is 5. The summed E-state index contributed by atoms with van der Waals surface area (Å²) in [6.07, 6.45) is 0. The Labute approximate surface area is 133 Å². The lowest BCUT2D eigenvalue weighted by molar-refractivity contribution is 0.0711. The van der Waals surface area contributed by atoms with Crippen LogP contribution in [0.3, 0.4) is 0 Å². The summed E-state index contributed by atoms with van der Waals surface area (Å²) in [6.45, 7) is 3.70. The van der Waals surface area contributed by atoms with Gasteiger partial charge in [0.05, 0.1) is 15.5 Å². The van der Waals surface area contributed by atoms with Gasteiger partial charge in [0, 0.05) is 10.8 Å². The number of sulfone groups is 1. The number of carbonyl (C=O) groups excluding carboxylic acids is 1. The molecule has 22 heavy (non-hydrogen) atoms. The van der Waals surface area contributed by atoms with Crippen LogP contribution in [0.1, 0.15) is 33.0 Å². The van der Waals surface area contributed by atoms with Crippen LogP contribution in [-0.4, -0.2) is 25.3 Å². The molecule has 0 aliphatic rings. The number of aryl methyl sites for hydroxylation is 1. The lowest BCUT2D eigenvalue weighted by Gasteiger charge is -2.10. The fraction of sp³-hybridized carbons (Fsp3) is 0.267. The number of hydrogen-bond donors (Lipinski definition) is 2. The summed E-state index contributed by atoms with van der Waals surface area (Å²) in [5, 5.41) is 8.60. The number of carbonyl (C=O) groups is 1. The molecule has 118 valence electrons. The maximum absolute atomic E-state index is 12.4. The highest BCUT2D eigenvalue weighted by atomic mass is 32.2. The summed E-state index contributed by atoms with van der Waals surface area (Å²) in [6, 6.07) is 10.0. The molecule has 7 heteroatoms. The molecule has 0 aliphatic heterocycles. The van der Waals surface area contributed by atoms with Crippen LogP contribution >= 0.6 is 11.3 Å². The van der Waals surface area contributed by atoms with E-state index in [9.17, 15) is 13.2 Å². The highest BCUT2D eigenvalue weighted by Gasteiger charge is 2.21. The van der Waals surface area contributed by atoms with Gasteiger partial charge >= 0.3 is 0 Å². The Bertz CT molecular complexity index is 763. The lowest BCUT2D eigenvalue weighted by Crippen LogP contribution is -2.17. The normalized spacial score (nSPS) is 12.9. The molecule has 0 saturated carbocycles. The van der Waals surface area contributed by atoms with Gasteiger partial charge in [-0.25, -0.2) is 13.9 Å². The van der Waals surface area contributed by atoms with Gasteiger partial charge in [-0.05, 0) is 31.2 Å². The summed E-state index contributed by atoms with van der Waals surface area (Å²) >= 11 is 1.18. The van der Waals surface area contributed by atoms with Crippen molar-refractivity contribution in [1.29, 1.82) is 0 Å². The predicted octanol–water partition coefficient (Wildman–Crippen LogP) is 2.75. The molecular formula is C15H17NO4S2. The van der Waals surface area contributed by atoms with E-state index in [2.05, 4.69) is 0 Å². The molecule has 1 atom stereocenters. The Kier molecular flexibility index (Phi) is 5.00. The molecule has 0 spiro atoms. The number of nitrogens with one attached hydrogen (secondary N) is 1. The second-order valence-electron chi connectivity index (χ2n) is 5.14. The van der Waals surface area contributed by atoms with E-state index in [1.165, 1.54) is 11.3 Å². The van der Waals surface area contributed by atoms with E-state index in [-0.39, 0.29) is 11.7 Å². The van der Waals surface area contributed by atoms with Crippen molar-refractivity contribution in [3.05, 3.63) is 51.7 Å². The molecule has 2 aromatic rings. The second kappa shape index (κ2) is 6.60. The van der Waals surface area contributed by atoms with E-state index in [1.54, 1.807) is 48.8 Å². The van der Waals surface area contributed by atoms with Crippen LogP contribution in [0.15, 0.2) is 41.3 Å². The van der Waals surface area contributed by atoms with Crippen molar-refractivity contribution < 1.29 is 18.4 Å². The number of amides is 1. The van der Waals surface area contributed by atoms with Crippen LogP contribution in [0, 0.1) is 6.92 Å². The van der Waals surface area contributed by atoms with Crippen molar-refractivity contribution in [1.82, 2.24) is 5.48 Å². The van der Waals surface area contributed by atoms with E-state index in [1.807, 2.05) is 6.92 Å². The fourth-order valence-corrected chi connectivity index (χ4v) is 4.68. The summed E-state index contributed by atoms with van der Waals surface area (Å²) in [5.74, 6) is -0.863. The van der Waals surface area contributed by atoms with Crippen LogP contribution in [0.25, 0.3) is 0 Å². The fourth-order valence-electron chi connectivity index (χ4n) is 2.05. The third-order valence-electron chi connectivity index (χ3n) is 3.29. The molecule has 0 radical (unpaired) electrons. The first-order valence-corrected chi connectivity index (χ1v) is 9.14. The molecule has 1 aromatic carbocycles. The molecule has 0 fully saturated rings. The van der Waals surface area contributed by atoms with Gasteiger partial charge in [-0.2, -0.15) is 0 Å². The van der Waals surface area contributed by atoms with Gasteiger partial charge in [0.1, 0.15) is 0 Å². The van der Waals surface area contributed by atoms with Gasteiger partial charge in [0.25, 0.3) is 5.91 Å². The van der Waals surface area contributed by atoms with Crippen LogP contribution in [0.4, 0.5) is 0 Å². The first-order valence-electron chi connectivity index (χ1n) is 6.67. The van der Waals surface area contributed by atoms with Crippen LogP contribution in [0.5, 0.6) is 0 Å². The monoisotopic (exact) mass is 339 g/mol. The quantitative estimate of drug-likeness (QED) is 0.648. The van der Waals surface area contributed by atoms with E-state index in [0.717, 1.165) is 10.4 Å². The molecule has 0 saturated heterocycles.